The Morgan fingerprint density at radius 3 is 2.32 bits per heavy atom. The van der Waals surface area contributed by atoms with Gasteiger partial charge in [0.1, 0.15) is 12.4 Å². The molecule has 0 spiro atoms. The molecule has 1 fully saturated rings. The standard InChI is InChI=1S/C21H25N3O4/c1-15-12-23(21(26)28-14-17-7-5-4-6-8-17)13-16(2)24(15)19-10-9-18(11-22-19)20(25)27-3/h4-11,15-16H,12-14H2,1-3H3/t15-,16+. The van der Waals surface area contributed by atoms with Crippen LogP contribution in [0.2, 0.25) is 0 Å². The van der Waals surface area contributed by atoms with Gasteiger partial charge in [0.2, 0.25) is 0 Å². The van der Waals surface area contributed by atoms with Crippen LogP contribution in [-0.4, -0.2) is 54.2 Å². The number of carbonyl (C=O) groups excluding carboxylic acids is 2. The van der Waals surface area contributed by atoms with Crippen LogP contribution >= 0.6 is 0 Å². The summed E-state index contributed by atoms with van der Waals surface area (Å²) >= 11 is 0. The van der Waals surface area contributed by atoms with Gasteiger partial charge < -0.3 is 19.3 Å². The van der Waals surface area contributed by atoms with Gasteiger partial charge >= 0.3 is 12.1 Å². The Kier molecular flexibility index (Phi) is 6.13. The van der Waals surface area contributed by atoms with E-state index in [0.717, 1.165) is 11.4 Å². The number of amides is 1. The van der Waals surface area contributed by atoms with Gasteiger partial charge in [-0.2, -0.15) is 0 Å². The third-order valence-corrected chi connectivity index (χ3v) is 4.82. The van der Waals surface area contributed by atoms with Gasteiger partial charge in [0, 0.05) is 31.4 Å². The molecule has 1 aliphatic rings. The quantitative estimate of drug-likeness (QED) is 0.756. The van der Waals surface area contributed by atoms with Crippen molar-refractivity contribution in [1.29, 1.82) is 0 Å². The van der Waals surface area contributed by atoms with Gasteiger partial charge in [-0.3, -0.25) is 0 Å². The van der Waals surface area contributed by atoms with E-state index in [0.29, 0.717) is 18.7 Å². The maximum Gasteiger partial charge on any atom is 0.410 e. The first-order valence-electron chi connectivity index (χ1n) is 9.28. The Morgan fingerprint density at radius 1 is 1.07 bits per heavy atom. The Labute approximate surface area is 164 Å². The molecule has 0 N–H and O–H groups in total. The minimum atomic E-state index is -0.411. The number of hydrogen-bond donors (Lipinski definition) is 0. The molecule has 0 radical (unpaired) electrons. The number of esters is 1. The number of piperazine rings is 1. The number of anilines is 1. The number of nitrogens with zero attached hydrogens (tertiary/aromatic N) is 3. The van der Waals surface area contributed by atoms with Crippen LogP contribution in [0.1, 0.15) is 29.8 Å². The van der Waals surface area contributed by atoms with Gasteiger partial charge in [0.15, 0.2) is 0 Å². The molecule has 3 rings (SSSR count). The lowest BCUT2D eigenvalue weighted by molar-refractivity contribution is 0.0600. The lowest BCUT2D eigenvalue weighted by Gasteiger charge is -2.44. The first kappa shape index (κ1) is 19.7. The third-order valence-electron chi connectivity index (χ3n) is 4.82. The minimum Gasteiger partial charge on any atom is -0.465 e. The summed E-state index contributed by atoms with van der Waals surface area (Å²) in [6, 6.07) is 13.3. The highest BCUT2D eigenvalue weighted by Gasteiger charge is 2.33. The van der Waals surface area contributed by atoms with E-state index in [4.69, 9.17) is 9.47 Å². The number of aromatic nitrogens is 1. The molecule has 1 aliphatic heterocycles. The van der Waals surface area contributed by atoms with Crippen LogP contribution in [0.25, 0.3) is 0 Å². The SMILES string of the molecule is COC(=O)c1ccc(N2[C@H](C)CN(C(=O)OCc3ccccc3)C[C@@H]2C)nc1. The summed E-state index contributed by atoms with van der Waals surface area (Å²) in [4.78, 5) is 32.4. The predicted molar refractivity (Wildman–Crippen MR) is 105 cm³/mol. The zero-order valence-electron chi connectivity index (χ0n) is 16.4. The Morgan fingerprint density at radius 2 is 1.75 bits per heavy atom. The summed E-state index contributed by atoms with van der Waals surface area (Å²) in [5.41, 5.74) is 1.38. The smallest absolute Gasteiger partial charge is 0.410 e. The van der Waals surface area contributed by atoms with E-state index in [2.05, 4.69) is 9.88 Å². The fourth-order valence-electron chi connectivity index (χ4n) is 3.51. The molecule has 148 valence electrons. The molecule has 0 unspecified atom stereocenters. The Balaban J connectivity index is 1.61. The first-order chi connectivity index (χ1) is 13.5. The molecule has 7 nitrogen and oxygen atoms in total. The zero-order chi connectivity index (χ0) is 20.1. The lowest BCUT2D eigenvalue weighted by Crippen LogP contribution is -2.58. The molecule has 2 aromatic rings. The van der Waals surface area contributed by atoms with Crippen molar-refractivity contribution >= 4 is 17.9 Å². The number of ether oxygens (including phenoxy) is 2. The predicted octanol–water partition coefficient (Wildman–Crippen LogP) is 3.10. The largest absolute Gasteiger partial charge is 0.465 e. The molecule has 2 atom stereocenters. The molecule has 0 aliphatic carbocycles. The highest BCUT2D eigenvalue weighted by atomic mass is 16.6. The molecule has 1 aromatic carbocycles. The number of hydrogen-bond acceptors (Lipinski definition) is 6. The van der Waals surface area contributed by atoms with E-state index in [1.165, 1.54) is 13.3 Å². The molecule has 1 saturated heterocycles. The van der Waals surface area contributed by atoms with Crippen molar-refractivity contribution in [2.45, 2.75) is 32.5 Å². The van der Waals surface area contributed by atoms with Gasteiger partial charge in [-0.25, -0.2) is 14.6 Å². The second kappa shape index (κ2) is 8.73. The molecule has 1 aromatic heterocycles. The average molecular weight is 383 g/mol. The van der Waals surface area contributed by atoms with E-state index in [9.17, 15) is 9.59 Å². The van der Waals surface area contributed by atoms with Crippen molar-refractivity contribution < 1.29 is 19.1 Å². The van der Waals surface area contributed by atoms with Crippen molar-refractivity contribution in [3.8, 4) is 0 Å². The summed E-state index contributed by atoms with van der Waals surface area (Å²) in [6.07, 6.45) is 1.21. The molecule has 2 heterocycles. The second-order valence-corrected chi connectivity index (χ2v) is 6.95. The molecule has 28 heavy (non-hydrogen) atoms. The van der Waals surface area contributed by atoms with Gasteiger partial charge in [-0.1, -0.05) is 30.3 Å². The summed E-state index contributed by atoms with van der Waals surface area (Å²) in [6.45, 7) is 5.43. The molecule has 1 amide bonds. The van der Waals surface area contributed by atoms with E-state index < -0.39 is 5.97 Å². The van der Waals surface area contributed by atoms with Crippen LogP contribution in [0, 0.1) is 0 Å². The number of pyridine rings is 1. The van der Waals surface area contributed by atoms with Crippen LogP contribution in [0.5, 0.6) is 0 Å². The monoisotopic (exact) mass is 383 g/mol. The Bertz CT molecular complexity index is 798. The highest BCUT2D eigenvalue weighted by Crippen LogP contribution is 2.23. The van der Waals surface area contributed by atoms with E-state index in [1.54, 1.807) is 11.0 Å². The van der Waals surface area contributed by atoms with Crippen molar-refractivity contribution in [3.05, 3.63) is 59.8 Å². The van der Waals surface area contributed by atoms with Crippen molar-refractivity contribution in [3.63, 3.8) is 0 Å². The van der Waals surface area contributed by atoms with Crippen LogP contribution in [0.4, 0.5) is 10.6 Å². The maximum atomic E-state index is 12.5. The van der Waals surface area contributed by atoms with Crippen LogP contribution < -0.4 is 4.90 Å². The summed E-state index contributed by atoms with van der Waals surface area (Å²) in [7, 11) is 1.34. The molecular weight excluding hydrogens is 358 g/mol. The average Bonchev–Trinajstić information content (AvgIpc) is 2.72. The number of rotatable bonds is 4. The van der Waals surface area contributed by atoms with Crippen LogP contribution in [0.15, 0.2) is 48.7 Å². The summed E-state index contributed by atoms with van der Waals surface area (Å²) in [5, 5.41) is 0. The summed E-state index contributed by atoms with van der Waals surface area (Å²) in [5.74, 6) is 0.357. The third kappa shape index (κ3) is 4.42. The second-order valence-electron chi connectivity index (χ2n) is 6.95. The molecule has 7 heteroatoms. The van der Waals surface area contributed by atoms with Gasteiger partial charge in [0.25, 0.3) is 0 Å². The van der Waals surface area contributed by atoms with E-state index in [-0.39, 0.29) is 24.8 Å². The fourth-order valence-corrected chi connectivity index (χ4v) is 3.51. The maximum absolute atomic E-state index is 12.5. The normalized spacial score (nSPS) is 19.2. The van der Waals surface area contributed by atoms with Gasteiger partial charge in [-0.05, 0) is 31.5 Å². The molecule has 0 saturated carbocycles. The minimum absolute atomic E-state index is 0.0597. The lowest BCUT2D eigenvalue weighted by atomic mass is 10.1. The molecule has 0 bridgehead atoms. The highest BCUT2D eigenvalue weighted by molar-refractivity contribution is 5.89. The number of methoxy groups -OCH3 is 1. The number of carbonyl (C=O) groups is 2. The van der Waals surface area contributed by atoms with E-state index in [1.807, 2.05) is 50.2 Å². The fraction of sp³-hybridized carbons (Fsp3) is 0.381. The van der Waals surface area contributed by atoms with Gasteiger partial charge in [0.05, 0.1) is 12.7 Å². The Hall–Kier alpha value is -3.09. The van der Waals surface area contributed by atoms with Crippen molar-refractivity contribution in [2.24, 2.45) is 0 Å². The zero-order valence-corrected chi connectivity index (χ0v) is 16.4. The van der Waals surface area contributed by atoms with E-state index >= 15 is 0 Å². The topological polar surface area (TPSA) is 72.0 Å². The first-order valence-corrected chi connectivity index (χ1v) is 9.28. The summed E-state index contributed by atoms with van der Waals surface area (Å²) < 4.78 is 10.2. The van der Waals surface area contributed by atoms with Crippen molar-refractivity contribution in [2.75, 3.05) is 25.1 Å². The van der Waals surface area contributed by atoms with Crippen LogP contribution in [-0.2, 0) is 16.1 Å². The number of benzene rings is 1. The van der Waals surface area contributed by atoms with Gasteiger partial charge in [-0.15, -0.1) is 0 Å². The van der Waals surface area contributed by atoms with Crippen LogP contribution in [0.3, 0.4) is 0 Å². The van der Waals surface area contributed by atoms with Crippen molar-refractivity contribution in [1.82, 2.24) is 9.88 Å². The molecular formula is C21H25N3O4.